The van der Waals surface area contributed by atoms with Crippen LogP contribution in [0.3, 0.4) is 0 Å². The summed E-state index contributed by atoms with van der Waals surface area (Å²) in [5.74, 6) is -1.93. The lowest BCUT2D eigenvalue weighted by atomic mass is 9.95. The molecule has 0 N–H and O–H groups in total. The average molecular weight is 419 g/mol. The molecular weight excluding hydrogens is 403 g/mol. The second kappa shape index (κ2) is 7.43. The highest BCUT2D eigenvalue weighted by atomic mass is 19.4. The van der Waals surface area contributed by atoms with Crippen LogP contribution in [0.2, 0.25) is 0 Å². The van der Waals surface area contributed by atoms with Gasteiger partial charge >= 0.3 is 12.1 Å². The van der Waals surface area contributed by atoms with Crippen LogP contribution >= 0.6 is 0 Å². The van der Waals surface area contributed by atoms with E-state index in [0.29, 0.717) is 12.8 Å². The van der Waals surface area contributed by atoms with Gasteiger partial charge in [0.15, 0.2) is 11.5 Å². The van der Waals surface area contributed by atoms with Crippen molar-refractivity contribution in [2.45, 2.75) is 31.9 Å². The number of alkyl halides is 3. The van der Waals surface area contributed by atoms with Crippen LogP contribution in [-0.4, -0.2) is 33.1 Å². The molecule has 30 heavy (non-hydrogen) atoms. The SMILES string of the molecule is CCOC(=O)c1noc(C2CC2)c1C(=O)c1ccc(-n2ccnc2)cc1C(F)(F)F. The van der Waals surface area contributed by atoms with Crippen LogP contribution in [0, 0.1) is 0 Å². The van der Waals surface area contributed by atoms with Crippen molar-refractivity contribution in [2.75, 3.05) is 6.61 Å². The van der Waals surface area contributed by atoms with Gasteiger partial charge in [-0.25, -0.2) is 9.78 Å². The number of rotatable bonds is 6. The zero-order valence-electron chi connectivity index (χ0n) is 15.8. The predicted molar refractivity (Wildman–Crippen MR) is 96.4 cm³/mol. The minimum atomic E-state index is -4.80. The number of hydrogen-bond acceptors (Lipinski definition) is 6. The number of esters is 1. The molecule has 0 bridgehead atoms. The molecule has 4 rings (SSSR count). The van der Waals surface area contributed by atoms with Crippen LogP contribution < -0.4 is 0 Å². The predicted octanol–water partition coefficient (Wildman–Crippen LogP) is 4.16. The Morgan fingerprint density at radius 1 is 1.30 bits per heavy atom. The molecule has 7 nitrogen and oxygen atoms in total. The van der Waals surface area contributed by atoms with Crippen LogP contribution in [0.25, 0.3) is 5.69 Å². The van der Waals surface area contributed by atoms with E-state index in [9.17, 15) is 22.8 Å². The van der Waals surface area contributed by atoms with Gasteiger partial charge in [0.05, 0.1) is 18.5 Å². The van der Waals surface area contributed by atoms with Gasteiger partial charge in [0.1, 0.15) is 5.56 Å². The van der Waals surface area contributed by atoms with E-state index in [1.807, 2.05) is 0 Å². The monoisotopic (exact) mass is 419 g/mol. The van der Waals surface area contributed by atoms with Crippen molar-refractivity contribution in [1.29, 1.82) is 0 Å². The average Bonchev–Trinajstić information content (AvgIpc) is 3.23. The number of nitrogens with zero attached hydrogens (tertiary/aromatic N) is 3. The first-order valence-electron chi connectivity index (χ1n) is 9.22. The third-order valence-corrected chi connectivity index (χ3v) is 4.72. The topological polar surface area (TPSA) is 87.2 Å². The Morgan fingerprint density at radius 2 is 2.07 bits per heavy atom. The number of imidazole rings is 1. The Labute approximate surface area is 168 Å². The fourth-order valence-corrected chi connectivity index (χ4v) is 3.16. The fraction of sp³-hybridized carbons (Fsp3) is 0.300. The van der Waals surface area contributed by atoms with Crippen LogP contribution in [0.4, 0.5) is 13.2 Å². The zero-order chi connectivity index (χ0) is 21.5. The molecule has 0 aliphatic heterocycles. The van der Waals surface area contributed by atoms with Crippen molar-refractivity contribution < 1.29 is 32.0 Å². The summed E-state index contributed by atoms with van der Waals surface area (Å²) in [6.07, 6.45) is 0.856. The first-order valence-corrected chi connectivity index (χ1v) is 9.22. The second-order valence-electron chi connectivity index (χ2n) is 6.79. The van der Waals surface area contributed by atoms with Crippen molar-refractivity contribution in [1.82, 2.24) is 14.7 Å². The Bertz CT molecular complexity index is 1100. The van der Waals surface area contributed by atoms with Crippen molar-refractivity contribution >= 4 is 11.8 Å². The molecule has 0 radical (unpaired) electrons. The van der Waals surface area contributed by atoms with Gasteiger partial charge in [0.25, 0.3) is 0 Å². The molecule has 1 fully saturated rings. The summed E-state index contributed by atoms with van der Waals surface area (Å²) >= 11 is 0. The third kappa shape index (κ3) is 3.60. The quantitative estimate of drug-likeness (QED) is 0.440. The number of carbonyl (C=O) groups is 2. The zero-order valence-corrected chi connectivity index (χ0v) is 15.8. The molecule has 0 atom stereocenters. The Morgan fingerprint density at radius 3 is 2.67 bits per heavy atom. The van der Waals surface area contributed by atoms with Gasteiger partial charge in [-0.05, 0) is 38.0 Å². The molecule has 2 aromatic heterocycles. The maximum Gasteiger partial charge on any atom is 0.417 e. The number of ether oxygens (including phenoxy) is 1. The standard InChI is InChI=1S/C20H16F3N3O4/c1-2-29-19(28)16-15(18(30-25-16)11-3-4-11)17(27)13-6-5-12(26-8-7-24-10-26)9-14(13)20(21,22)23/h5-11H,2-4H2,1H3. The van der Waals surface area contributed by atoms with E-state index in [0.717, 1.165) is 12.1 Å². The number of benzene rings is 1. The van der Waals surface area contributed by atoms with Gasteiger partial charge in [0, 0.05) is 29.6 Å². The van der Waals surface area contributed by atoms with Crippen molar-refractivity contribution in [3.63, 3.8) is 0 Å². The highest BCUT2D eigenvalue weighted by Gasteiger charge is 2.41. The van der Waals surface area contributed by atoms with E-state index >= 15 is 0 Å². The van der Waals surface area contributed by atoms with Crippen LogP contribution in [0.5, 0.6) is 0 Å². The molecule has 2 heterocycles. The number of halogens is 3. The summed E-state index contributed by atoms with van der Waals surface area (Å²) in [5, 5.41) is 3.63. The molecule has 1 aromatic carbocycles. The van der Waals surface area contributed by atoms with Gasteiger partial charge in [0.2, 0.25) is 5.69 Å². The summed E-state index contributed by atoms with van der Waals surface area (Å²) in [5.41, 5.74) is -2.21. The number of ketones is 1. The van der Waals surface area contributed by atoms with E-state index in [2.05, 4.69) is 10.1 Å². The van der Waals surface area contributed by atoms with E-state index in [4.69, 9.17) is 9.26 Å². The Balaban J connectivity index is 1.84. The van der Waals surface area contributed by atoms with Gasteiger partial charge in [-0.1, -0.05) is 5.16 Å². The summed E-state index contributed by atoms with van der Waals surface area (Å²) in [4.78, 5) is 29.3. The van der Waals surface area contributed by atoms with Gasteiger partial charge in [-0.2, -0.15) is 13.2 Å². The van der Waals surface area contributed by atoms with Crippen LogP contribution in [0.1, 0.15) is 63.4 Å². The lowest BCUT2D eigenvalue weighted by molar-refractivity contribution is -0.137. The molecule has 0 amide bonds. The van der Waals surface area contributed by atoms with E-state index < -0.39 is 34.7 Å². The largest absolute Gasteiger partial charge is 0.461 e. The van der Waals surface area contributed by atoms with Crippen LogP contribution in [-0.2, 0) is 10.9 Å². The van der Waals surface area contributed by atoms with Crippen LogP contribution in [0.15, 0.2) is 41.4 Å². The molecule has 0 spiro atoms. The molecule has 1 aliphatic rings. The smallest absolute Gasteiger partial charge is 0.417 e. The van der Waals surface area contributed by atoms with Gasteiger partial charge in [-0.3, -0.25) is 4.79 Å². The molecule has 0 unspecified atom stereocenters. The maximum atomic E-state index is 13.8. The Hall–Kier alpha value is -3.43. The fourth-order valence-electron chi connectivity index (χ4n) is 3.16. The molecule has 1 saturated carbocycles. The summed E-state index contributed by atoms with van der Waals surface area (Å²) in [7, 11) is 0. The lowest BCUT2D eigenvalue weighted by Crippen LogP contribution is -2.18. The van der Waals surface area contributed by atoms with Crippen molar-refractivity contribution in [3.05, 3.63) is 65.1 Å². The Kier molecular flexibility index (Phi) is 4.92. The first-order chi connectivity index (χ1) is 14.3. The van der Waals surface area contributed by atoms with E-state index in [-0.39, 0.29) is 29.5 Å². The molecular formula is C20H16F3N3O4. The van der Waals surface area contributed by atoms with E-state index in [1.165, 1.54) is 29.4 Å². The minimum Gasteiger partial charge on any atom is -0.461 e. The summed E-state index contributed by atoms with van der Waals surface area (Å²) in [6, 6.07) is 3.32. The lowest BCUT2D eigenvalue weighted by Gasteiger charge is -2.14. The minimum absolute atomic E-state index is 0.0193. The normalized spacial score (nSPS) is 14.0. The van der Waals surface area contributed by atoms with E-state index in [1.54, 1.807) is 6.92 Å². The number of hydrogen-bond donors (Lipinski definition) is 0. The number of aromatic nitrogens is 3. The summed E-state index contributed by atoms with van der Waals surface area (Å²) in [6.45, 7) is 1.59. The summed E-state index contributed by atoms with van der Waals surface area (Å²) < 4.78 is 52.9. The second-order valence-corrected chi connectivity index (χ2v) is 6.79. The molecule has 156 valence electrons. The first kappa shape index (κ1) is 19.9. The maximum absolute atomic E-state index is 13.8. The highest BCUT2D eigenvalue weighted by Crippen LogP contribution is 2.44. The van der Waals surface area contributed by atoms with Crippen molar-refractivity contribution in [2.24, 2.45) is 0 Å². The van der Waals surface area contributed by atoms with Crippen molar-refractivity contribution in [3.8, 4) is 5.69 Å². The number of carbonyl (C=O) groups excluding carboxylic acids is 2. The third-order valence-electron chi connectivity index (χ3n) is 4.72. The molecule has 1 aliphatic carbocycles. The van der Waals surface area contributed by atoms with Gasteiger partial charge < -0.3 is 13.8 Å². The highest BCUT2D eigenvalue weighted by molar-refractivity contribution is 6.15. The molecule has 3 aromatic rings. The molecule has 0 saturated heterocycles. The molecule has 10 heteroatoms. The van der Waals surface area contributed by atoms with Gasteiger partial charge in [-0.15, -0.1) is 0 Å².